The van der Waals surface area contributed by atoms with Gasteiger partial charge < -0.3 is 15.7 Å². The van der Waals surface area contributed by atoms with Crippen LogP contribution in [-0.2, 0) is 20.8 Å². The first-order chi connectivity index (χ1) is 9.97. The number of rotatable bonds is 5. The van der Waals surface area contributed by atoms with Crippen molar-refractivity contribution in [2.24, 2.45) is 0 Å². The molecule has 0 aromatic heterocycles. The number of carbonyl (C=O) groups is 3. The van der Waals surface area contributed by atoms with E-state index < -0.39 is 24.0 Å². The van der Waals surface area contributed by atoms with Gasteiger partial charge in [-0.1, -0.05) is 18.2 Å². The number of carbonyl (C=O) groups excluding carboxylic acids is 2. The summed E-state index contributed by atoms with van der Waals surface area (Å²) in [6.45, 7) is 0. The van der Waals surface area contributed by atoms with Gasteiger partial charge >= 0.3 is 5.97 Å². The Kier molecular flexibility index (Phi) is 5.16. The molecule has 0 aliphatic carbocycles. The van der Waals surface area contributed by atoms with E-state index in [1.165, 1.54) is 0 Å². The molecule has 21 heavy (non-hydrogen) atoms. The minimum atomic E-state index is -1.09. The molecule has 2 amide bonds. The van der Waals surface area contributed by atoms with Gasteiger partial charge in [0.05, 0.1) is 0 Å². The van der Waals surface area contributed by atoms with E-state index in [1.807, 2.05) is 24.3 Å². The average Bonchev–Trinajstić information content (AvgIpc) is 2.87. The van der Waals surface area contributed by atoms with Crippen molar-refractivity contribution in [1.82, 2.24) is 10.6 Å². The number of nitrogens with one attached hydrogen (secondary N) is 2. The number of aliphatic carboxylic acids is 1. The van der Waals surface area contributed by atoms with Gasteiger partial charge in [-0.15, -0.1) is 0 Å². The topological polar surface area (TPSA) is 95.5 Å². The predicted octanol–water partition coefficient (Wildman–Crippen LogP) is 0.682. The van der Waals surface area contributed by atoms with Crippen LogP contribution in [0.3, 0.4) is 0 Å². The van der Waals surface area contributed by atoms with Crippen molar-refractivity contribution in [3.8, 4) is 0 Å². The second-order valence-electron chi connectivity index (χ2n) is 4.85. The Morgan fingerprint density at radius 3 is 2.71 bits per heavy atom. The Bertz CT molecular complexity index is 576. The molecule has 1 saturated heterocycles. The van der Waals surface area contributed by atoms with Crippen molar-refractivity contribution in [3.63, 3.8) is 0 Å². The Labute approximate surface area is 135 Å². The molecule has 2 atom stereocenters. The summed E-state index contributed by atoms with van der Waals surface area (Å²) in [6, 6.07) is 5.78. The number of amides is 2. The van der Waals surface area contributed by atoms with Gasteiger partial charge in [0, 0.05) is 16.4 Å². The van der Waals surface area contributed by atoms with Crippen LogP contribution in [0.5, 0.6) is 0 Å². The molecule has 1 aliphatic heterocycles. The van der Waals surface area contributed by atoms with Gasteiger partial charge in [0.25, 0.3) is 0 Å². The smallest absolute Gasteiger partial charge is 0.326 e. The Morgan fingerprint density at radius 1 is 1.43 bits per heavy atom. The van der Waals surface area contributed by atoms with E-state index >= 15 is 0 Å². The van der Waals surface area contributed by atoms with Crippen molar-refractivity contribution in [1.29, 1.82) is 0 Å². The monoisotopic (exact) mass is 402 g/mol. The highest BCUT2D eigenvalue weighted by atomic mass is 127. The molecule has 0 radical (unpaired) electrons. The normalized spacial score (nSPS) is 18.9. The fraction of sp³-hybridized carbons (Fsp3) is 0.357. The van der Waals surface area contributed by atoms with Crippen LogP contribution < -0.4 is 10.6 Å². The van der Waals surface area contributed by atoms with E-state index in [-0.39, 0.29) is 12.3 Å². The summed E-state index contributed by atoms with van der Waals surface area (Å²) in [6.07, 6.45) is 0.910. The summed E-state index contributed by atoms with van der Waals surface area (Å²) < 4.78 is 0.949. The van der Waals surface area contributed by atoms with Gasteiger partial charge in [-0.3, -0.25) is 9.59 Å². The fourth-order valence-electron chi connectivity index (χ4n) is 2.17. The van der Waals surface area contributed by atoms with Crippen molar-refractivity contribution in [3.05, 3.63) is 33.4 Å². The van der Waals surface area contributed by atoms with Gasteiger partial charge in [-0.25, -0.2) is 4.79 Å². The molecule has 1 aromatic rings. The zero-order chi connectivity index (χ0) is 15.4. The number of carboxylic acid groups (broad SMARTS) is 1. The molecule has 112 valence electrons. The Morgan fingerprint density at radius 2 is 2.14 bits per heavy atom. The lowest BCUT2D eigenvalue weighted by atomic mass is 10.1. The number of benzene rings is 1. The minimum absolute atomic E-state index is 0.181. The molecule has 0 unspecified atom stereocenters. The highest BCUT2D eigenvalue weighted by Gasteiger charge is 2.30. The molecule has 0 spiro atoms. The molecule has 2 rings (SSSR count). The molecule has 3 N–H and O–H groups in total. The average molecular weight is 402 g/mol. The maximum absolute atomic E-state index is 12.0. The first-order valence-electron chi connectivity index (χ1n) is 6.53. The van der Waals surface area contributed by atoms with Gasteiger partial charge in [-0.2, -0.15) is 0 Å². The van der Waals surface area contributed by atoms with Crippen LogP contribution in [0.2, 0.25) is 0 Å². The first-order valence-corrected chi connectivity index (χ1v) is 7.61. The van der Waals surface area contributed by atoms with Crippen molar-refractivity contribution in [2.45, 2.75) is 31.3 Å². The maximum atomic E-state index is 12.0. The Balaban J connectivity index is 2.03. The van der Waals surface area contributed by atoms with Crippen LogP contribution in [0.25, 0.3) is 0 Å². The molecule has 1 fully saturated rings. The molecular weight excluding hydrogens is 387 g/mol. The lowest BCUT2D eigenvalue weighted by Gasteiger charge is -2.18. The molecule has 0 saturated carbocycles. The SMILES string of the molecule is O=C1CC[C@@H](C(=O)N[C@@H](Cc2ccccc2I)C(=O)O)N1. The van der Waals surface area contributed by atoms with E-state index in [1.54, 1.807) is 0 Å². The second kappa shape index (κ2) is 6.88. The van der Waals surface area contributed by atoms with Crippen LogP contribution in [0, 0.1) is 3.57 Å². The third-order valence-electron chi connectivity index (χ3n) is 3.31. The van der Waals surface area contributed by atoms with Crippen molar-refractivity contribution < 1.29 is 19.5 Å². The summed E-state index contributed by atoms with van der Waals surface area (Å²) in [5, 5.41) is 14.3. The standard InChI is InChI=1S/C14H15IN2O4/c15-9-4-2-1-3-8(9)7-11(14(20)21)17-13(19)10-5-6-12(18)16-10/h1-4,10-11H,5-7H2,(H,16,18)(H,17,19)(H,20,21)/t10-,11-/m0/s1. The van der Waals surface area contributed by atoms with E-state index in [0.717, 1.165) is 9.13 Å². The van der Waals surface area contributed by atoms with Crippen LogP contribution >= 0.6 is 22.6 Å². The third-order valence-corrected chi connectivity index (χ3v) is 4.36. The van der Waals surface area contributed by atoms with Crippen LogP contribution in [0.1, 0.15) is 18.4 Å². The lowest BCUT2D eigenvalue weighted by Crippen LogP contribution is -2.49. The highest BCUT2D eigenvalue weighted by molar-refractivity contribution is 14.1. The molecule has 1 aromatic carbocycles. The Hall–Kier alpha value is -1.64. The molecule has 1 heterocycles. The van der Waals surface area contributed by atoms with E-state index in [0.29, 0.717) is 12.8 Å². The minimum Gasteiger partial charge on any atom is -0.480 e. The number of hydrogen-bond acceptors (Lipinski definition) is 3. The zero-order valence-corrected chi connectivity index (χ0v) is 13.3. The summed E-state index contributed by atoms with van der Waals surface area (Å²) in [4.78, 5) is 34.4. The molecule has 0 bridgehead atoms. The van der Waals surface area contributed by atoms with Gasteiger partial charge in [0.15, 0.2) is 0 Å². The van der Waals surface area contributed by atoms with Crippen molar-refractivity contribution >= 4 is 40.4 Å². The second-order valence-corrected chi connectivity index (χ2v) is 6.02. The summed E-state index contributed by atoms with van der Waals surface area (Å²) in [5.41, 5.74) is 0.862. The lowest BCUT2D eigenvalue weighted by molar-refractivity contribution is -0.142. The first kappa shape index (κ1) is 15.7. The van der Waals surface area contributed by atoms with Crippen molar-refractivity contribution in [2.75, 3.05) is 0 Å². The quantitative estimate of drug-likeness (QED) is 0.632. The molecule has 1 aliphatic rings. The largest absolute Gasteiger partial charge is 0.480 e. The van der Waals surface area contributed by atoms with Crippen LogP contribution in [-0.4, -0.2) is 35.0 Å². The van der Waals surface area contributed by atoms with Gasteiger partial charge in [0.2, 0.25) is 11.8 Å². The highest BCUT2D eigenvalue weighted by Crippen LogP contribution is 2.14. The zero-order valence-electron chi connectivity index (χ0n) is 11.1. The van der Waals surface area contributed by atoms with Gasteiger partial charge in [-0.05, 0) is 40.6 Å². The summed E-state index contributed by atoms with van der Waals surface area (Å²) in [7, 11) is 0. The molecular formula is C14H15IN2O4. The summed E-state index contributed by atoms with van der Waals surface area (Å²) in [5.74, 6) is -1.72. The van der Waals surface area contributed by atoms with E-state index in [9.17, 15) is 19.5 Å². The number of halogens is 1. The maximum Gasteiger partial charge on any atom is 0.326 e. The summed E-state index contributed by atoms with van der Waals surface area (Å²) >= 11 is 2.13. The predicted molar refractivity (Wildman–Crippen MR) is 83.6 cm³/mol. The van der Waals surface area contributed by atoms with E-state index in [4.69, 9.17) is 0 Å². The van der Waals surface area contributed by atoms with Crippen LogP contribution in [0.15, 0.2) is 24.3 Å². The fourth-order valence-corrected chi connectivity index (χ4v) is 2.77. The van der Waals surface area contributed by atoms with Gasteiger partial charge in [0.1, 0.15) is 12.1 Å². The number of carboxylic acids is 1. The third kappa shape index (κ3) is 4.16. The number of hydrogen-bond donors (Lipinski definition) is 3. The molecule has 6 nitrogen and oxygen atoms in total. The van der Waals surface area contributed by atoms with E-state index in [2.05, 4.69) is 33.2 Å². The van der Waals surface area contributed by atoms with Crippen LogP contribution in [0.4, 0.5) is 0 Å². The molecule has 7 heteroatoms.